The molecular formula is C12H8BrClN2O3. The molecule has 0 amide bonds. The monoisotopic (exact) mass is 342 g/mol. The summed E-state index contributed by atoms with van der Waals surface area (Å²) in [5.74, 6) is -0.0202. The molecule has 0 radical (unpaired) electrons. The molecule has 5 nitrogen and oxygen atoms in total. The van der Waals surface area contributed by atoms with E-state index < -0.39 is 4.92 Å². The van der Waals surface area contributed by atoms with Crippen LogP contribution in [0.3, 0.4) is 0 Å². The van der Waals surface area contributed by atoms with Gasteiger partial charge in [0.15, 0.2) is 0 Å². The highest BCUT2D eigenvalue weighted by Crippen LogP contribution is 2.28. The van der Waals surface area contributed by atoms with E-state index in [9.17, 15) is 10.1 Å². The molecule has 2 rings (SSSR count). The van der Waals surface area contributed by atoms with Crippen molar-refractivity contribution in [3.63, 3.8) is 0 Å². The van der Waals surface area contributed by atoms with Crippen molar-refractivity contribution in [3.05, 3.63) is 61.7 Å². The Morgan fingerprint density at radius 3 is 2.89 bits per heavy atom. The Morgan fingerprint density at radius 1 is 1.42 bits per heavy atom. The van der Waals surface area contributed by atoms with E-state index in [1.54, 1.807) is 18.2 Å². The summed E-state index contributed by atoms with van der Waals surface area (Å²) in [7, 11) is 0. The number of hydrogen-bond donors (Lipinski definition) is 0. The highest BCUT2D eigenvalue weighted by Gasteiger charge is 2.17. The molecule has 1 heterocycles. The van der Waals surface area contributed by atoms with Gasteiger partial charge in [-0.2, -0.15) is 0 Å². The highest BCUT2D eigenvalue weighted by molar-refractivity contribution is 9.10. The smallest absolute Gasteiger partial charge is 0.332 e. The summed E-state index contributed by atoms with van der Waals surface area (Å²) in [6.07, 6.45) is 1.44. The summed E-state index contributed by atoms with van der Waals surface area (Å²) in [6, 6.07) is 8.42. The van der Waals surface area contributed by atoms with Gasteiger partial charge in [0.25, 0.3) is 5.88 Å². The first-order valence-electron chi connectivity index (χ1n) is 5.23. The fourth-order valence-electron chi connectivity index (χ4n) is 1.44. The molecule has 0 aliphatic rings. The summed E-state index contributed by atoms with van der Waals surface area (Å²) in [5.41, 5.74) is 0.628. The molecule has 1 aromatic heterocycles. The van der Waals surface area contributed by atoms with Crippen LogP contribution in [0.15, 0.2) is 41.0 Å². The van der Waals surface area contributed by atoms with E-state index in [-0.39, 0.29) is 18.2 Å². The maximum atomic E-state index is 10.9. The molecule has 1 aromatic carbocycles. The Balaban J connectivity index is 2.17. The van der Waals surface area contributed by atoms with Gasteiger partial charge in [-0.15, -0.1) is 0 Å². The minimum absolute atomic E-state index is 0.0202. The zero-order valence-electron chi connectivity index (χ0n) is 9.55. The van der Waals surface area contributed by atoms with Gasteiger partial charge < -0.3 is 4.74 Å². The fourth-order valence-corrected chi connectivity index (χ4v) is 1.97. The van der Waals surface area contributed by atoms with Crippen LogP contribution in [-0.2, 0) is 6.61 Å². The van der Waals surface area contributed by atoms with Crippen molar-refractivity contribution in [2.24, 2.45) is 0 Å². The zero-order chi connectivity index (χ0) is 13.8. The fraction of sp³-hybridized carbons (Fsp3) is 0.0833. The molecule has 0 aliphatic heterocycles. The van der Waals surface area contributed by atoms with E-state index in [1.807, 2.05) is 6.07 Å². The summed E-state index contributed by atoms with van der Waals surface area (Å²) in [4.78, 5) is 14.2. The van der Waals surface area contributed by atoms with Gasteiger partial charge in [-0.25, -0.2) is 4.98 Å². The Morgan fingerprint density at radius 2 is 2.21 bits per heavy atom. The van der Waals surface area contributed by atoms with Gasteiger partial charge in [-0.1, -0.05) is 23.7 Å². The normalized spacial score (nSPS) is 10.2. The van der Waals surface area contributed by atoms with Crippen LogP contribution in [0.2, 0.25) is 5.02 Å². The van der Waals surface area contributed by atoms with E-state index in [0.29, 0.717) is 9.50 Å². The molecule has 0 saturated heterocycles. The first-order valence-corrected chi connectivity index (χ1v) is 6.40. The third-order valence-corrected chi connectivity index (χ3v) is 2.93. The van der Waals surface area contributed by atoms with Crippen LogP contribution in [-0.4, -0.2) is 9.91 Å². The molecule has 0 unspecified atom stereocenters. The minimum atomic E-state index is -0.537. The summed E-state index contributed by atoms with van der Waals surface area (Å²) >= 11 is 8.97. The van der Waals surface area contributed by atoms with Crippen LogP contribution in [0.1, 0.15) is 5.56 Å². The maximum absolute atomic E-state index is 10.9. The number of pyridine rings is 1. The molecule has 7 heteroatoms. The van der Waals surface area contributed by atoms with Crippen molar-refractivity contribution in [3.8, 4) is 5.88 Å². The first-order chi connectivity index (χ1) is 9.06. The molecule has 2 aromatic rings. The predicted octanol–water partition coefficient (Wildman–Crippen LogP) is 3.98. The molecule has 0 saturated carbocycles. The Kier molecular flexibility index (Phi) is 4.34. The number of ether oxygens (including phenoxy) is 1. The van der Waals surface area contributed by atoms with Crippen LogP contribution in [0, 0.1) is 10.1 Å². The average molecular weight is 344 g/mol. The van der Waals surface area contributed by atoms with Crippen molar-refractivity contribution in [1.29, 1.82) is 0 Å². The van der Waals surface area contributed by atoms with E-state index in [1.165, 1.54) is 12.3 Å². The molecule has 0 aliphatic carbocycles. The van der Waals surface area contributed by atoms with Crippen molar-refractivity contribution in [2.75, 3.05) is 0 Å². The highest BCUT2D eigenvalue weighted by atomic mass is 79.9. The second-order valence-corrected chi connectivity index (χ2v) is 5.01. The van der Waals surface area contributed by atoms with Crippen LogP contribution in [0.5, 0.6) is 5.88 Å². The van der Waals surface area contributed by atoms with E-state index >= 15 is 0 Å². The molecule has 0 N–H and O–H groups in total. The summed E-state index contributed by atoms with van der Waals surface area (Å²) < 4.78 is 5.88. The van der Waals surface area contributed by atoms with Gasteiger partial charge in [-0.3, -0.25) is 10.1 Å². The van der Waals surface area contributed by atoms with E-state index in [4.69, 9.17) is 16.3 Å². The van der Waals surface area contributed by atoms with Gasteiger partial charge in [0.1, 0.15) is 6.61 Å². The van der Waals surface area contributed by atoms with Gasteiger partial charge >= 0.3 is 5.69 Å². The molecule has 0 bridgehead atoms. The zero-order valence-corrected chi connectivity index (χ0v) is 11.9. The third-order valence-electron chi connectivity index (χ3n) is 2.26. The molecular weight excluding hydrogens is 336 g/mol. The standard InChI is InChI=1S/C12H8BrClN2O3/c13-9-5-11(16(17)18)12(15-6-9)19-7-8-2-1-3-10(14)4-8/h1-6H,7H2. The number of nitrogens with zero attached hydrogens (tertiary/aromatic N) is 2. The van der Waals surface area contributed by atoms with Gasteiger partial charge in [0.2, 0.25) is 0 Å². The van der Waals surface area contributed by atoms with Crippen LogP contribution >= 0.6 is 27.5 Å². The van der Waals surface area contributed by atoms with Crippen LogP contribution in [0.4, 0.5) is 5.69 Å². The Labute approximate surface area is 122 Å². The number of halogens is 2. The SMILES string of the molecule is O=[N+]([O-])c1cc(Br)cnc1OCc1cccc(Cl)c1. The number of rotatable bonds is 4. The summed E-state index contributed by atoms with van der Waals surface area (Å²) in [5, 5.41) is 11.5. The summed E-state index contributed by atoms with van der Waals surface area (Å²) in [6.45, 7) is 0.163. The van der Waals surface area contributed by atoms with Gasteiger partial charge in [0.05, 0.1) is 4.92 Å². The molecule has 98 valence electrons. The third kappa shape index (κ3) is 3.65. The van der Waals surface area contributed by atoms with Crippen molar-refractivity contribution in [1.82, 2.24) is 4.98 Å². The Bertz CT molecular complexity index is 622. The van der Waals surface area contributed by atoms with Crippen molar-refractivity contribution >= 4 is 33.2 Å². The largest absolute Gasteiger partial charge is 0.468 e. The van der Waals surface area contributed by atoms with Crippen molar-refractivity contribution < 1.29 is 9.66 Å². The minimum Gasteiger partial charge on any atom is -0.468 e. The van der Waals surface area contributed by atoms with E-state index in [2.05, 4.69) is 20.9 Å². The van der Waals surface area contributed by atoms with Crippen LogP contribution in [0.25, 0.3) is 0 Å². The predicted molar refractivity (Wildman–Crippen MR) is 74.4 cm³/mol. The second-order valence-electron chi connectivity index (χ2n) is 3.65. The first kappa shape index (κ1) is 13.8. The lowest BCUT2D eigenvalue weighted by Gasteiger charge is -2.06. The van der Waals surface area contributed by atoms with Crippen molar-refractivity contribution in [2.45, 2.75) is 6.61 Å². The number of nitro groups is 1. The maximum Gasteiger partial charge on any atom is 0.332 e. The molecule has 0 spiro atoms. The second kappa shape index (κ2) is 5.99. The lowest BCUT2D eigenvalue weighted by Crippen LogP contribution is -2.01. The molecule has 0 fully saturated rings. The topological polar surface area (TPSA) is 65.3 Å². The number of aromatic nitrogens is 1. The lowest BCUT2D eigenvalue weighted by atomic mass is 10.2. The van der Waals surface area contributed by atoms with Crippen LogP contribution < -0.4 is 4.74 Å². The Hall–Kier alpha value is -1.66. The molecule has 19 heavy (non-hydrogen) atoms. The number of benzene rings is 1. The molecule has 0 atom stereocenters. The van der Waals surface area contributed by atoms with E-state index in [0.717, 1.165) is 5.56 Å². The number of hydrogen-bond acceptors (Lipinski definition) is 4. The lowest BCUT2D eigenvalue weighted by molar-refractivity contribution is -0.386. The average Bonchev–Trinajstić information content (AvgIpc) is 2.37. The quantitative estimate of drug-likeness (QED) is 0.622. The van der Waals surface area contributed by atoms with Gasteiger partial charge in [0, 0.05) is 21.8 Å². The van der Waals surface area contributed by atoms with Gasteiger partial charge in [-0.05, 0) is 33.6 Å².